The van der Waals surface area contributed by atoms with Crippen LogP contribution >= 0.6 is 0 Å². The van der Waals surface area contributed by atoms with E-state index in [2.05, 4.69) is 97.5 Å². The Morgan fingerprint density at radius 3 is 1.88 bits per heavy atom. The van der Waals surface area contributed by atoms with Crippen LogP contribution in [0.25, 0.3) is 0 Å². The summed E-state index contributed by atoms with van der Waals surface area (Å²) in [5.74, 6) is 0.698. The van der Waals surface area contributed by atoms with Gasteiger partial charge in [-0.25, -0.2) is 0 Å². The molecule has 2 aliphatic carbocycles. The van der Waals surface area contributed by atoms with Gasteiger partial charge in [0.15, 0.2) is 0 Å². The minimum atomic E-state index is 0.0197. The lowest BCUT2D eigenvalue weighted by molar-refractivity contribution is 0.637. The second kappa shape index (κ2) is 16.9. The van der Waals surface area contributed by atoms with E-state index in [-0.39, 0.29) is 5.41 Å². The Bertz CT molecular complexity index is 863. The van der Waals surface area contributed by atoms with Crippen molar-refractivity contribution in [3.8, 4) is 0 Å². The van der Waals surface area contributed by atoms with Crippen molar-refractivity contribution in [2.45, 2.75) is 81.6 Å². The Morgan fingerprint density at radius 1 is 1.00 bits per heavy atom. The van der Waals surface area contributed by atoms with Gasteiger partial charge in [-0.1, -0.05) is 125 Å². The average molecular weight is 461 g/mol. The molecule has 0 aromatic heterocycles. The van der Waals surface area contributed by atoms with Gasteiger partial charge in [0.25, 0.3) is 0 Å². The lowest BCUT2D eigenvalue weighted by atomic mass is 9.76. The number of hydrogen-bond donors (Lipinski definition) is 0. The van der Waals surface area contributed by atoms with E-state index in [0.717, 1.165) is 28.7 Å². The van der Waals surface area contributed by atoms with Gasteiger partial charge in [0.05, 0.1) is 0 Å². The highest BCUT2D eigenvalue weighted by atomic mass is 14.3. The summed E-state index contributed by atoms with van der Waals surface area (Å²) in [6.07, 6.45) is 16.3. The quantitative estimate of drug-likeness (QED) is 0.262. The fraction of sp³-hybridized carbons (Fsp3) is 0.412. The Labute approximate surface area is 213 Å². The van der Waals surface area contributed by atoms with Gasteiger partial charge in [0.1, 0.15) is 0 Å². The zero-order chi connectivity index (χ0) is 27.1. The maximum atomic E-state index is 4.07. The van der Waals surface area contributed by atoms with E-state index in [1.54, 1.807) is 0 Å². The van der Waals surface area contributed by atoms with Crippen LogP contribution in [0, 0.1) is 11.3 Å². The van der Waals surface area contributed by atoms with Crippen molar-refractivity contribution in [1.29, 1.82) is 0 Å². The second-order valence-electron chi connectivity index (χ2n) is 9.42. The van der Waals surface area contributed by atoms with Gasteiger partial charge in [0.2, 0.25) is 0 Å². The molecule has 0 bridgehead atoms. The Hall–Kier alpha value is -2.60. The maximum absolute atomic E-state index is 4.07. The first-order chi connectivity index (χ1) is 15.8. The van der Waals surface area contributed by atoms with Gasteiger partial charge in [-0.2, -0.15) is 0 Å². The molecule has 0 nitrogen and oxygen atoms in total. The molecular formula is C34H52. The number of allylic oxidation sites excluding steroid dienone is 14. The highest BCUT2D eigenvalue weighted by Gasteiger charge is 2.28. The maximum Gasteiger partial charge on any atom is 0.0313 e. The molecule has 0 aliphatic heterocycles. The summed E-state index contributed by atoms with van der Waals surface area (Å²) >= 11 is 0. The molecule has 0 heteroatoms. The van der Waals surface area contributed by atoms with Crippen LogP contribution in [0.4, 0.5) is 0 Å². The predicted molar refractivity (Wildman–Crippen MR) is 160 cm³/mol. The molecule has 0 spiro atoms. The average Bonchev–Trinajstić information content (AvgIpc) is 3.31. The van der Waals surface area contributed by atoms with Crippen molar-refractivity contribution in [3.63, 3.8) is 0 Å². The zero-order valence-electron chi connectivity index (χ0n) is 23.9. The van der Waals surface area contributed by atoms with Gasteiger partial charge < -0.3 is 0 Å². The monoisotopic (exact) mass is 460 g/mol. The third-order valence-corrected chi connectivity index (χ3v) is 6.22. The molecule has 0 radical (unpaired) electrons. The van der Waals surface area contributed by atoms with Gasteiger partial charge in [-0.3, -0.25) is 0 Å². The summed E-state index contributed by atoms with van der Waals surface area (Å²) in [6.45, 7) is 41.6. The zero-order valence-corrected chi connectivity index (χ0v) is 23.9. The van der Waals surface area contributed by atoms with Gasteiger partial charge in [0, 0.05) is 5.41 Å². The molecule has 0 N–H and O–H groups in total. The van der Waals surface area contributed by atoms with Crippen LogP contribution in [0.2, 0.25) is 0 Å². The molecule has 0 amide bonds. The lowest BCUT2D eigenvalue weighted by Gasteiger charge is -2.27. The molecule has 2 unspecified atom stereocenters. The number of hydrogen-bond acceptors (Lipinski definition) is 0. The number of rotatable bonds is 7. The van der Waals surface area contributed by atoms with E-state index in [9.17, 15) is 0 Å². The topological polar surface area (TPSA) is 0 Å². The van der Waals surface area contributed by atoms with Crippen LogP contribution in [0.5, 0.6) is 0 Å². The van der Waals surface area contributed by atoms with Gasteiger partial charge in [-0.15, -0.1) is 0 Å². The third-order valence-electron chi connectivity index (χ3n) is 6.22. The minimum absolute atomic E-state index is 0.0197. The van der Waals surface area contributed by atoms with Crippen molar-refractivity contribution < 1.29 is 0 Å². The SMILES string of the molecule is C=C(C)C(=C)C.C=C(C)C(=C)C1(C)C=CC=C1C.C=CC1=C(/C=C\CC(=C)C)C(C)CC1.CC. The molecule has 0 aromatic rings. The van der Waals surface area contributed by atoms with E-state index in [0.29, 0.717) is 5.92 Å². The van der Waals surface area contributed by atoms with Gasteiger partial charge in [-0.05, 0) is 83.4 Å². The first kappa shape index (κ1) is 33.6. The van der Waals surface area contributed by atoms with Crippen molar-refractivity contribution in [2.24, 2.45) is 11.3 Å². The molecule has 2 rings (SSSR count). The van der Waals surface area contributed by atoms with Crippen LogP contribution in [-0.4, -0.2) is 0 Å². The van der Waals surface area contributed by atoms with Crippen LogP contribution in [0.15, 0.2) is 121 Å². The van der Waals surface area contributed by atoms with Crippen LogP contribution < -0.4 is 0 Å². The molecule has 188 valence electrons. The Kier molecular flexibility index (Phi) is 16.7. The normalized spacial score (nSPS) is 20.1. The molecule has 2 atom stereocenters. The van der Waals surface area contributed by atoms with Crippen molar-refractivity contribution in [3.05, 3.63) is 121 Å². The minimum Gasteiger partial charge on any atom is -0.0998 e. The second-order valence-corrected chi connectivity index (χ2v) is 9.42. The summed E-state index contributed by atoms with van der Waals surface area (Å²) in [7, 11) is 0. The fourth-order valence-corrected chi connectivity index (χ4v) is 3.34. The highest BCUT2D eigenvalue weighted by molar-refractivity contribution is 5.47. The molecule has 34 heavy (non-hydrogen) atoms. The Morgan fingerprint density at radius 2 is 1.53 bits per heavy atom. The third kappa shape index (κ3) is 11.5. The smallest absolute Gasteiger partial charge is 0.0313 e. The summed E-state index contributed by atoms with van der Waals surface area (Å²) in [5.41, 5.74) is 9.79. The lowest BCUT2D eigenvalue weighted by Crippen LogP contribution is -2.15. The standard InChI is InChI=1S/C14H20.C12H16.C6H10.C2H6/c1-5-13-10-9-12(4)14(13)8-6-7-11(2)3;1-9(2)11(4)12(5)8-6-7-10(12)3;1-5(2)6(3)4;1-2/h5-6,8,12H,1-2,7,9-10H2,3-4H3;6-8H,1,4H2,2-3,5H3;1,3H2,2,4H3;1-2H3/b8-6-;;;. The first-order valence-corrected chi connectivity index (χ1v) is 12.5. The predicted octanol–water partition coefficient (Wildman–Crippen LogP) is 11.2. The van der Waals surface area contributed by atoms with Crippen molar-refractivity contribution in [2.75, 3.05) is 0 Å². The van der Waals surface area contributed by atoms with E-state index < -0.39 is 0 Å². The summed E-state index contributed by atoms with van der Waals surface area (Å²) in [5, 5.41) is 0. The molecule has 0 saturated heterocycles. The van der Waals surface area contributed by atoms with E-state index in [4.69, 9.17) is 0 Å². The molecular weight excluding hydrogens is 408 g/mol. The van der Waals surface area contributed by atoms with E-state index >= 15 is 0 Å². The van der Waals surface area contributed by atoms with Crippen LogP contribution in [0.3, 0.4) is 0 Å². The highest BCUT2D eigenvalue weighted by Crippen LogP contribution is 2.41. The van der Waals surface area contributed by atoms with Crippen molar-refractivity contribution >= 4 is 0 Å². The largest absolute Gasteiger partial charge is 0.0998 e. The van der Waals surface area contributed by atoms with Crippen LogP contribution in [-0.2, 0) is 0 Å². The molecule has 0 saturated carbocycles. The van der Waals surface area contributed by atoms with Gasteiger partial charge >= 0.3 is 0 Å². The Balaban J connectivity index is 0. The molecule has 0 heterocycles. The van der Waals surface area contributed by atoms with E-state index in [1.807, 2.05) is 40.7 Å². The van der Waals surface area contributed by atoms with Crippen molar-refractivity contribution in [1.82, 2.24) is 0 Å². The molecule has 0 fully saturated rings. The van der Waals surface area contributed by atoms with E-state index in [1.165, 1.54) is 35.1 Å². The van der Waals surface area contributed by atoms with Crippen LogP contribution in [0.1, 0.15) is 81.6 Å². The molecule has 2 aliphatic rings. The summed E-state index contributed by atoms with van der Waals surface area (Å²) in [4.78, 5) is 0. The summed E-state index contributed by atoms with van der Waals surface area (Å²) < 4.78 is 0. The first-order valence-electron chi connectivity index (χ1n) is 12.5. The fourth-order valence-electron chi connectivity index (χ4n) is 3.34. The molecule has 0 aromatic carbocycles. The summed E-state index contributed by atoms with van der Waals surface area (Å²) in [6, 6.07) is 0.